The van der Waals surface area contributed by atoms with Crippen LogP contribution in [0.2, 0.25) is 0 Å². The molecule has 0 aromatic heterocycles. The summed E-state index contributed by atoms with van der Waals surface area (Å²) in [6.45, 7) is 8.84. The average Bonchev–Trinajstić information content (AvgIpc) is 3.19. The molecule has 2 aromatic carbocycles. The van der Waals surface area contributed by atoms with Gasteiger partial charge in [0.15, 0.2) is 0 Å². The number of methoxy groups -OCH3 is 1. The number of carbonyl (C=O) groups excluding carboxylic acids is 1. The molecular formula is C30H39N3O2. The minimum Gasteiger partial charge on any atom is -0.497 e. The Morgan fingerprint density at radius 3 is 2.51 bits per heavy atom. The highest BCUT2D eigenvalue weighted by Crippen LogP contribution is 2.37. The largest absolute Gasteiger partial charge is 0.497 e. The van der Waals surface area contributed by atoms with Crippen LogP contribution in [0.3, 0.4) is 0 Å². The second-order valence-electron chi connectivity index (χ2n) is 10.3. The molecule has 3 aliphatic heterocycles. The lowest BCUT2D eigenvalue weighted by atomic mass is 9.94. The van der Waals surface area contributed by atoms with Crippen LogP contribution in [-0.4, -0.2) is 72.5 Å². The summed E-state index contributed by atoms with van der Waals surface area (Å²) < 4.78 is 5.58. The summed E-state index contributed by atoms with van der Waals surface area (Å²) in [4.78, 5) is 20.4. The predicted molar refractivity (Wildman–Crippen MR) is 141 cm³/mol. The first-order chi connectivity index (χ1) is 17.2. The molecule has 5 nitrogen and oxygen atoms in total. The summed E-state index contributed by atoms with van der Waals surface area (Å²) in [5.41, 5.74) is 3.28. The number of amides is 1. The molecule has 3 saturated heterocycles. The second-order valence-corrected chi connectivity index (χ2v) is 10.3. The van der Waals surface area contributed by atoms with Crippen LogP contribution >= 0.6 is 0 Å². The third kappa shape index (κ3) is 5.17. The molecule has 35 heavy (non-hydrogen) atoms. The van der Waals surface area contributed by atoms with Gasteiger partial charge in [0.25, 0.3) is 5.91 Å². The summed E-state index contributed by atoms with van der Waals surface area (Å²) >= 11 is 0. The third-order valence-corrected chi connectivity index (χ3v) is 8.20. The molecule has 3 atom stereocenters. The molecule has 0 N–H and O–H groups in total. The first-order valence-electron chi connectivity index (χ1n) is 13.3. The van der Waals surface area contributed by atoms with Gasteiger partial charge in [0.1, 0.15) is 5.75 Å². The number of carbonyl (C=O) groups is 1. The van der Waals surface area contributed by atoms with E-state index in [0.29, 0.717) is 12.1 Å². The zero-order valence-electron chi connectivity index (χ0n) is 21.1. The molecule has 2 bridgehead atoms. The van der Waals surface area contributed by atoms with Gasteiger partial charge in [-0.1, -0.05) is 30.3 Å². The van der Waals surface area contributed by atoms with Crippen LogP contribution in [0.1, 0.15) is 66.1 Å². The van der Waals surface area contributed by atoms with E-state index in [1.807, 2.05) is 23.1 Å². The van der Waals surface area contributed by atoms with E-state index in [-0.39, 0.29) is 11.9 Å². The van der Waals surface area contributed by atoms with E-state index in [1.165, 1.54) is 36.8 Å². The lowest BCUT2D eigenvalue weighted by Crippen LogP contribution is -2.40. The summed E-state index contributed by atoms with van der Waals surface area (Å²) in [5, 5.41) is 0. The Labute approximate surface area is 210 Å². The average molecular weight is 474 g/mol. The number of hydrogen-bond acceptors (Lipinski definition) is 4. The molecule has 0 aliphatic carbocycles. The number of hydrogen-bond donors (Lipinski definition) is 0. The van der Waals surface area contributed by atoms with E-state index >= 15 is 0 Å². The standard InChI is InChI=1S/C30H39N3O2/c1-3-17-33-26-14-15-27(33)22-32(20-16-26)29(25-8-7-9-28(21-25)35-2)23-10-12-24(13-11-23)30(34)31-18-5-4-6-19-31/h3,7-13,21,26-27,29H,1,4-6,14-20,22H2,2H3. The topological polar surface area (TPSA) is 36.0 Å². The van der Waals surface area contributed by atoms with Gasteiger partial charge >= 0.3 is 0 Å². The van der Waals surface area contributed by atoms with Crippen LogP contribution in [-0.2, 0) is 0 Å². The maximum Gasteiger partial charge on any atom is 0.253 e. The zero-order chi connectivity index (χ0) is 24.2. The summed E-state index contributed by atoms with van der Waals surface area (Å²) in [7, 11) is 1.73. The smallest absolute Gasteiger partial charge is 0.253 e. The molecule has 0 saturated carbocycles. The number of likely N-dealkylation sites (tertiary alicyclic amines) is 2. The highest BCUT2D eigenvalue weighted by molar-refractivity contribution is 5.94. The Hall–Kier alpha value is -2.63. The van der Waals surface area contributed by atoms with Crippen LogP contribution in [0.5, 0.6) is 5.75 Å². The molecule has 0 radical (unpaired) electrons. The van der Waals surface area contributed by atoms with Gasteiger partial charge in [0.2, 0.25) is 0 Å². The van der Waals surface area contributed by atoms with Crippen molar-refractivity contribution < 1.29 is 9.53 Å². The Morgan fingerprint density at radius 1 is 1.00 bits per heavy atom. The van der Waals surface area contributed by atoms with E-state index in [4.69, 9.17) is 4.74 Å². The van der Waals surface area contributed by atoms with Crippen molar-refractivity contribution in [2.45, 2.75) is 56.7 Å². The summed E-state index contributed by atoms with van der Waals surface area (Å²) in [6.07, 6.45) is 9.23. The molecule has 3 fully saturated rings. The lowest BCUT2D eigenvalue weighted by Gasteiger charge is -2.34. The molecule has 186 valence electrons. The molecule has 0 spiro atoms. The van der Waals surface area contributed by atoms with Gasteiger partial charge in [0.05, 0.1) is 13.2 Å². The van der Waals surface area contributed by atoms with Crippen molar-refractivity contribution in [1.82, 2.24) is 14.7 Å². The predicted octanol–water partition coefficient (Wildman–Crippen LogP) is 5.14. The van der Waals surface area contributed by atoms with Gasteiger partial charge in [0, 0.05) is 50.4 Å². The molecule has 5 rings (SSSR count). The Kier molecular flexibility index (Phi) is 7.54. The van der Waals surface area contributed by atoms with Crippen molar-refractivity contribution >= 4 is 5.91 Å². The Morgan fingerprint density at radius 2 is 1.77 bits per heavy atom. The number of piperidine rings is 1. The van der Waals surface area contributed by atoms with E-state index in [0.717, 1.165) is 56.9 Å². The monoisotopic (exact) mass is 473 g/mol. The van der Waals surface area contributed by atoms with Crippen molar-refractivity contribution in [3.05, 3.63) is 77.9 Å². The SMILES string of the molecule is C=CCN1C2CCC1CN(C(c1ccc(C(=O)N3CCCCC3)cc1)c1cccc(OC)c1)CC2. The van der Waals surface area contributed by atoms with Gasteiger partial charge < -0.3 is 9.64 Å². The maximum atomic E-state index is 13.1. The number of ether oxygens (including phenoxy) is 1. The third-order valence-electron chi connectivity index (χ3n) is 8.20. The van der Waals surface area contributed by atoms with Crippen LogP contribution in [0.25, 0.3) is 0 Å². The van der Waals surface area contributed by atoms with Crippen molar-refractivity contribution in [3.8, 4) is 5.75 Å². The number of rotatable bonds is 7. The van der Waals surface area contributed by atoms with Crippen LogP contribution in [0.4, 0.5) is 0 Å². The highest BCUT2D eigenvalue weighted by Gasteiger charge is 2.38. The van der Waals surface area contributed by atoms with Crippen molar-refractivity contribution in [2.75, 3.05) is 39.8 Å². The normalized spacial score (nSPS) is 24.1. The zero-order valence-corrected chi connectivity index (χ0v) is 21.1. The van der Waals surface area contributed by atoms with Crippen molar-refractivity contribution in [2.24, 2.45) is 0 Å². The van der Waals surface area contributed by atoms with Gasteiger partial charge in [-0.2, -0.15) is 0 Å². The van der Waals surface area contributed by atoms with Crippen LogP contribution < -0.4 is 4.74 Å². The van der Waals surface area contributed by atoms with E-state index in [2.05, 4.69) is 52.8 Å². The van der Waals surface area contributed by atoms with E-state index in [1.54, 1.807) is 7.11 Å². The summed E-state index contributed by atoms with van der Waals surface area (Å²) in [5.74, 6) is 1.05. The quantitative estimate of drug-likeness (QED) is 0.522. The highest BCUT2D eigenvalue weighted by atomic mass is 16.5. The van der Waals surface area contributed by atoms with Crippen molar-refractivity contribution in [3.63, 3.8) is 0 Å². The van der Waals surface area contributed by atoms with Gasteiger partial charge in [-0.15, -0.1) is 6.58 Å². The van der Waals surface area contributed by atoms with Gasteiger partial charge in [-0.05, 0) is 73.9 Å². The Bertz CT molecular complexity index is 1010. The number of benzene rings is 2. The molecule has 3 aliphatic rings. The molecule has 5 heteroatoms. The first-order valence-corrected chi connectivity index (χ1v) is 13.3. The minimum absolute atomic E-state index is 0.133. The molecule has 3 unspecified atom stereocenters. The van der Waals surface area contributed by atoms with Gasteiger partial charge in [-0.25, -0.2) is 0 Å². The van der Waals surface area contributed by atoms with Crippen molar-refractivity contribution in [1.29, 1.82) is 0 Å². The lowest BCUT2D eigenvalue weighted by molar-refractivity contribution is 0.0724. The molecule has 3 heterocycles. The number of nitrogens with zero attached hydrogens (tertiary/aromatic N) is 3. The maximum absolute atomic E-state index is 13.1. The van der Waals surface area contributed by atoms with Gasteiger partial charge in [-0.3, -0.25) is 14.6 Å². The summed E-state index contributed by atoms with van der Waals surface area (Å²) in [6, 6.07) is 18.2. The first kappa shape index (κ1) is 24.1. The number of fused-ring (bicyclic) bond motifs is 2. The minimum atomic E-state index is 0.133. The fraction of sp³-hybridized carbons (Fsp3) is 0.500. The molecule has 1 amide bonds. The van der Waals surface area contributed by atoms with E-state index in [9.17, 15) is 4.79 Å². The van der Waals surface area contributed by atoms with E-state index < -0.39 is 0 Å². The molecular weight excluding hydrogens is 434 g/mol. The second kappa shape index (κ2) is 11.0. The molecule has 2 aromatic rings. The van der Waals surface area contributed by atoms with Crippen LogP contribution in [0.15, 0.2) is 61.2 Å². The van der Waals surface area contributed by atoms with Crippen LogP contribution in [0, 0.1) is 0 Å². The fourth-order valence-corrected chi connectivity index (χ4v) is 6.39. The fourth-order valence-electron chi connectivity index (χ4n) is 6.39. The Balaban J connectivity index is 1.44.